The molecule has 1 fully saturated rings. The van der Waals surface area contributed by atoms with Gasteiger partial charge in [-0.2, -0.15) is 13.2 Å². The summed E-state index contributed by atoms with van der Waals surface area (Å²) in [4.78, 5) is 29.7. The van der Waals surface area contributed by atoms with Gasteiger partial charge in [0.15, 0.2) is 0 Å². The quantitative estimate of drug-likeness (QED) is 0.739. The number of rotatable bonds is 6. The van der Waals surface area contributed by atoms with Gasteiger partial charge in [-0.3, -0.25) is 14.5 Å². The summed E-state index contributed by atoms with van der Waals surface area (Å²) in [7, 11) is 2.03. The minimum Gasteiger partial charge on any atom is -0.348 e. The number of hydrogen-bond donors (Lipinski definition) is 2. The van der Waals surface area contributed by atoms with E-state index in [1.807, 2.05) is 7.05 Å². The van der Waals surface area contributed by atoms with Crippen LogP contribution in [0.1, 0.15) is 59.3 Å². The molecule has 0 aliphatic heterocycles. The van der Waals surface area contributed by atoms with Crippen LogP contribution in [0.3, 0.4) is 0 Å². The van der Waals surface area contributed by atoms with Gasteiger partial charge in [-0.05, 0) is 49.7 Å². The fourth-order valence-electron chi connectivity index (χ4n) is 3.84. The molecule has 1 aliphatic carbocycles. The summed E-state index contributed by atoms with van der Waals surface area (Å²) in [6, 6.07) is 8.40. The first-order valence-corrected chi connectivity index (χ1v) is 10.1. The standard InChI is InChI=1S/C22H26F3N3O2/c1-28(18-8-3-2-4-9-18)14-17-10-11-19(21(30)27-17)20(29)26-13-15-6-5-7-16(12-15)22(23,24)25/h5-7,10-12,18H,2-4,8-9,13-14H2,1H3,(H,26,29)(H,27,30). The largest absolute Gasteiger partial charge is 0.416 e. The van der Waals surface area contributed by atoms with Crippen LogP contribution >= 0.6 is 0 Å². The van der Waals surface area contributed by atoms with E-state index in [0.29, 0.717) is 18.2 Å². The second kappa shape index (κ2) is 9.47. The highest BCUT2D eigenvalue weighted by Gasteiger charge is 2.30. The van der Waals surface area contributed by atoms with Gasteiger partial charge >= 0.3 is 6.18 Å². The van der Waals surface area contributed by atoms with Gasteiger partial charge in [0, 0.05) is 24.8 Å². The number of nitrogens with zero attached hydrogens (tertiary/aromatic N) is 1. The number of aromatic nitrogens is 1. The van der Waals surface area contributed by atoms with Gasteiger partial charge < -0.3 is 10.3 Å². The molecule has 30 heavy (non-hydrogen) atoms. The molecular formula is C22H26F3N3O2. The van der Waals surface area contributed by atoms with E-state index in [1.165, 1.54) is 37.5 Å². The molecule has 8 heteroatoms. The van der Waals surface area contributed by atoms with E-state index in [2.05, 4.69) is 15.2 Å². The minimum absolute atomic E-state index is 0.0638. The lowest BCUT2D eigenvalue weighted by Gasteiger charge is -2.31. The SMILES string of the molecule is CN(Cc1ccc(C(=O)NCc2cccc(C(F)(F)F)c2)c(=O)[nH]1)C1CCCCC1. The maximum atomic E-state index is 12.8. The van der Waals surface area contributed by atoms with Crippen molar-refractivity contribution in [2.75, 3.05) is 7.05 Å². The van der Waals surface area contributed by atoms with E-state index >= 15 is 0 Å². The van der Waals surface area contributed by atoms with Gasteiger partial charge in [-0.25, -0.2) is 0 Å². The predicted octanol–water partition coefficient (Wildman–Crippen LogP) is 4.09. The van der Waals surface area contributed by atoms with Crippen molar-refractivity contribution in [1.29, 1.82) is 0 Å². The molecule has 0 bridgehead atoms. The molecule has 0 unspecified atom stereocenters. The Kier molecular flexibility index (Phi) is 6.97. The Balaban J connectivity index is 1.61. The fourth-order valence-corrected chi connectivity index (χ4v) is 3.84. The number of halogens is 3. The zero-order valence-corrected chi connectivity index (χ0v) is 16.9. The molecule has 1 saturated carbocycles. The van der Waals surface area contributed by atoms with Gasteiger partial charge in [0.05, 0.1) is 5.56 Å². The van der Waals surface area contributed by atoms with E-state index in [0.717, 1.165) is 30.7 Å². The van der Waals surface area contributed by atoms with Crippen molar-refractivity contribution >= 4 is 5.91 Å². The summed E-state index contributed by atoms with van der Waals surface area (Å²) in [5.41, 5.74) is -0.321. The van der Waals surface area contributed by atoms with E-state index in [-0.39, 0.29) is 12.1 Å². The number of nitrogens with one attached hydrogen (secondary N) is 2. The smallest absolute Gasteiger partial charge is 0.348 e. The van der Waals surface area contributed by atoms with Crippen LogP contribution in [0.4, 0.5) is 13.2 Å². The lowest BCUT2D eigenvalue weighted by atomic mass is 9.94. The Bertz CT molecular complexity index is 934. The number of carbonyl (C=O) groups is 1. The third-order valence-corrected chi connectivity index (χ3v) is 5.54. The second-order valence-corrected chi connectivity index (χ2v) is 7.81. The fraction of sp³-hybridized carbons (Fsp3) is 0.455. The van der Waals surface area contributed by atoms with Crippen LogP contribution in [-0.4, -0.2) is 28.9 Å². The number of carbonyl (C=O) groups excluding carboxylic acids is 1. The molecule has 0 spiro atoms. The lowest BCUT2D eigenvalue weighted by Crippen LogP contribution is -2.34. The third kappa shape index (κ3) is 5.72. The van der Waals surface area contributed by atoms with E-state index in [4.69, 9.17) is 0 Å². The molecular weight excluding hydrogens is 395 g/mol. The maximum absolute atomic E-state index is 12.8. The molecule has 2 N–H and O–H groups in total. The van der Waals surface area contributed by atoms with Crippen molar-refractivity contribution in [3.63, 3.8) is 0 Å². The first-order valence-electron chi connectivity index (χ1n) is 10.1. The van der Waals surface area contributed by atoms with Crippen LogP contribution in [0.25, 0.3) is 0 Å². The van der Waals surface area contributed by atoms with Crippen molar-refractivity contribution < 1.29 is 18.0 Å². The highest BCUT2D eigenvalue weighted by atomic mass is 19.4. The summed E-state index contributed by atoms with van der Waals surface area (Å²) in [5, 5.41) is 2.51. The van der Waals surface area contributed by atoms with Crippen LogP contribution < -0.4 is 10.9 Å². The van der Waals surface area contributed by atoms with Crippen molar-refractivity contribution in [2.24, 2.45) is 0 Å². The Morgan fingerprint density at radius 1 is 1.17 bits per heavy atom. The Morgan fingerprint density at radius 3 is 2.57 bits per heavy atom. The minimum atomic E-state index is -4.45. The number of pyridine rings is 1. The van der Waals surface area contributed by atoms with Crippen LogP contribution in [0.15, 0.2) is 41.2 Å². The highest BCUT2D eigenvalue weighted by molar-refractivity contribution is 5.93. The van der Waals surface area contributed by atoms with E-state index in [1.54, 1.807) is 6.07 Å². The molecule has 0 radical (unpaired) electrons. The average Bonchev–Trinajstić information content (AvgIpc) is 2.72. The molecule has 162 valence electrons. The summed E-state index contributed by atoms with van der Waals surface area (Å²) in [6.45, 7) is 0.487. The van der Waals surface area contributed by atoms with Crippen LogP contribution in [0, 0.1) is 0 Å². The normalized spacial score (nSPS) is 15.4. The summed E-state index contributed by atoms with van der Waals surface area (Å²) < 4.78 is 38.4. The van der Waals surface area contributed by atoms with Gasteiger partial charge in [-0.1, -0.05) is 31.4 Å². The molecule has 1 heterocycles. The molecule has 1 aromatic heterocycles. The summed E-state index contributed by atoms with van der Waals surface area (Å²) in [6.07, 6.45) is 1.56. The molecule has 0 saturated heterocycles. The number of alkyl halides is 3. The monoisotopic (exact) mass is 421 g/mol. The van der Waals surface area contributed by atoms with Crippen molar-refractivity contribution in [3.8, 4) is 0 Å². The number of amides is 1. The Hall–Kier alpha value is -2.61. The molecule has 1 aromatic carbocycles. The lowest BCUT2D eigenvalue weighted by molar-refractivity contribution is -0.137. The maximum Gasteiger partial charge on any atom is 0.416 e. The third-order valence-electron chi connectivity index (χ3n) is 5.54. The van der Waals surface area contributed by atoms with Gasteiger partial charge in [0.1, 0.15) is 5.56 Å². The summed E-state index contributed by atoms with van der Waals surface area (Å²) >= 11 is 0. The molecule has 5 nitrogen and oxygen atoms in total. The van der Waals surface area contributed by atoms with Crippen LogP contribution in [0.2, 0.25) is 0 Å². The number of aromatic amines is 1. The van der Waals surface area contributed by atoms with Crippen molar-refractivity contribution in [1.82, 2.24) is 15.2 Å². The van der Waals surface area contributed by atoms with E-state index in [9.17, 15) is 22.8 Å². The predicted molar refractivity (Wildman–Crippen MR) is 108 cm³/mol. The average molecular weight is 421 g/mol. The molecule has 0 atom stereocenters. The van der Waals surface area contributed by atoms with Crippen LogP contribution in [0.5, 0.6) is 0 Å². The number of H-pyrrole nitrogens is 1. The Morgan fingerprint density at radius 2 is 1.90 bits per heavy atom. The van der Waals surface area contributed by atoms with Crippen molar-refractivity contribution in [3.05, 3.63) is 69.1 Å². The Labute approximate surface area is 173 Å². The zero-order chi connectivity index (χ0) is 21.7. The molecule has 2 aromatic rings. The number of hydrogen-bond acceptors (Lipinski definition) is 3. The van der Waals surface area contributed by atoms with Gasteiger partial charge in [0.2, 0.25) is 0 Å². The molecule has 1 amide bonds. The summed E-state index contributed by atoms with van der Waals surface area (Å²) in [5.74, 6) is -0.624. The molecule has 3 rings (SSSR count). The topological polar surface area (TPSA) is 65.2 Å². The van der Waals surface area contributed by atoms with Gasteiger partial charge in [0.25, 0.3) is 11.5 Å². The number of benzene rings is 1. The van der Waals surface area contributed by atoms with Crippen molar-refractivity contribution in [2.45, 2.75) is 57.4 Å². The highest BCUT2D eigenvalue weighted by Crippen LogP contribution is 2.29. The van der Waals surface area contributed by atoms with E-state index < -0.39 is 23.2 Å². The zero-order valence-electron chi connectivity index (χ0n) is 16.9. The first-order chi connectivity index (χ1) is 14.2. The first kappa shape index (κ1) is 22.1. The molecule has 1 aliphatic rings. The second-order valence-electron chi connectivity index (χ2n) is 7.81. The van der Waals surface area contributed by atoms with Gasteiger partial charge in [-0.15, -0.1) is 0 Å². The van der Waals surface area contributed by atoms with Crippen LogP contribution in [-0.2, 0) is 19.3 Å².